The second kappa shape index (κ2) is 4.01. The highest BCUT2D eigenvalue weighted by Crippen LogP contribution is 2.41. The fourth-order valence-electron chi connectivity index (χ4n) is 1.32. The van der Waals surface area contributed by atoms with E-state index in [2.05, 4.69) is 10.4 Å². The third kappa shape index (κ3) is 2.37. The lowest BCUT2D eigenvalue weighted by Crippen LogP contribution is -1.87. The van der Waals surface area contributed by atoms with Gasteiger partial charge in [-0.05, 0) is 25.7 Å². The van der Waals surface area contributed by atoms with Gasteiger partial charge in [0.15, 0.2) is 0 Å². The van der Waals surface area contributed by atoms with Crippen molar-refractivity contribution in [3.8, 4) is 0 Å². The summed E-state index contributed by atoms with van der Waals surface area (Å²) in [6.45, 7) is 0. The van der Waals surface area contributed by atoms with Crippen LogP contribution >= 0.6 is 11.3 Å². The molecule has 0 aromatic carbocycles. The number of aromatic nitrogens is 1. The Bertz CT molecular complexity index is 291. The van der Waals surface area contributed by atoms with Crippen LogP contribution in [0.15, 0.2) is 5.38 Å². The SMILES string of the molecule is O=CCCCc1csc(C2CC2)n1. The zero-order valence-corrected chi connectivity index (χ0v) is 8.35. The second-order valence-electron chi connectivity index (χ2n) is 3.51. The second-order valence-corrected chi connectivity index (χ2v) is 4.40. The number of nitrogens with zero attached hydrogens (tertiary/aromatic N) is 1. The zero-order chi connectivity index (χ0) is 9.10. The minimum Gasteiger partial charge on any atom is -0.303 e. The number of carbonyl (C=O) groups excluding carboxylic acids is 1. The smallest absolute Gasteiger partial charge is 0.120 e. The van der Waals surface area contributed by atoms with E-state index < -0.39 is 0 Å². The lowest BCUT2D eigenvalue weighted by molar-refractivity contribution is -0.107. The van der Waals surface area contributed by atoms with Gasteiger partial charge in [0.1, 0.15) is 6.29 Å². The number of unbranched alkanes of at least 4 members (excludes halogenated alkanes) is 1. The average molecular weight is 195 g/mol. The van der Waals surface area contributed by atoms with Crippen molar-refractivity contribution in [3.63, 3.8) is 0 Å². The van der Waals surface area contributed by atoms with E-state index in [9.17, 15) is 4.79 Å². The normalized spacial score (nSPS) is 16.0. The van der Waals surface area contributed by atoms with Gasteiger partial charge in [-0.15, -0.1) is 11.3 Å². The number of hydrogen-bond donors (Lipinski definition) is 0. The Morgan fingerprint density at radius 3 is 3.15 bits per heavy atom. The number of aryl methyl sites for hydroxylation is 1. The Morgan fingerprint density at radius 1 is 1.62 bits per heavy atom. The maximum absolute atomic E-state index is 10.1. The van der Waals surface area contributed by atoms with Crippen molar-refractivity contribution < 1.29 is 4.79 Å². The van der Waals surface area contributed by atoms with E-state index in [1.54, 1.807) is 11.3 Å². The highest BCUT2D eigenvalue weighted by Gasteiger charge is 2.26. The van der Waals surface area contributed by atoms with Crippen LogP contribution in [0.4, 0.5) is 0 Å². The molecular weight excluding hydrogens is 182 g/mol. The van der Waals surface area contributed by atoms with Crippen LogP contribution in [0.1, 0.15) is 42.3 Å². The van der Waals surface area contributed by atoms with E-state index in [0.29, 0.717) is 6.42 Å². The third-order valence-electron chi connectivity index (χ3n) is 2.25. The van der Waals surface area contributed by atoms with Crippen LogP contribution in [0.25, 0.3) is 0 Å². The van der Waals surface area contributed by atoms with Crippen LogP contribution in [0, 0.1) is 0 Å². The summed E-state index contributed by atoms with van der Waals surface area (Å²) in [7, 11) is 0. The minimum atomic E-state index is 0.663. The monoisotopic (exact) mass is 195 g/mol. The molecular formula is C10H13NOS. The van der Waals surface area contributed by atoms with Gasteiger partial charge in [0, 0.05) is 17.7 Å². The number of carbonyl (C=O) groups is 1. The van der Waals surface area contributed by atoms with Crippen molar-refractivity contribution in [2.45, 2.75) is 38.0 Å². The molecule has 1 aliphatic carbocycles. The van der Waals surface area contributed by atoms with E-state index in [0.717, 1.165) is 25.0 Å². The molecule has 0 atom stereocenters. The predicted octanol–water partition coefficient (Wildman–Crippen LogP) is 2.54. The van der Waals surface area contributed by atoms with Gasteiger partial charge in [-0.1, -0.05) is 0 Å². The molecule has 70 valence electrons. The molecule has 0 bridgehead atoms. The molecule has 0 spiro atoms. The van der Waals surface area contributed by atoms with Gasteiger partial charge in [0.05, 0.1) is 10.7 Å². The summed E-state index contributed by atoms with van der Waals surface area (Å²) in [5, 5.41) is 3.44. The van der Waals surface area contributed by atoms with Gasteiger partial charge in [-0.2, -0.15) is 0 Å². The van der Waals surface area contributed by atoms with Crippen molar-refractivity contribution in [3.05, 3.63) is 16.1 Å². The number of hydrogen-bond acceptors (Lipinski definition) is 3. The first-order valence-electron chi connectivity index (χ1n) is 4.78. The molecule has 0 aliphatic heterocycles. The topological polar surface area (TPSA) is 30.0 Å². The maximum Gasteiger partial charge on any atom is 0.120 e. The quantitative estimate of drug-likeness (QED) is 0.534. The highest BCUT2D eigenvalue weighted by atomic mass is 32.1. The Labute approximate surface area is 82.0 Å². The maximum atomic E-state index is 10.1. The molecule has 1 heterocycles. The van der Waals surface area contributed by atoms with E-state index in [4.69, 9.17) is 0 Å². The fourth-order valence-corrected chi connectivity index (χ4v) is 2.35. The van der Waals surface area contributed by atoms with E-state index in [-0.39, 0.29) is 0 Å². The molecule has 2 rings (SSSR count). The first-order valence-corrected chi connectivity index (χ1v) is 5.66. The summed E-state index contributed by atoms with van der Waals surface area (Å²) in [5.41, 5.74) is 1.17. The molecule has 0 saturated heterocycles. The van der Waals surface area contributed by atoms with E-state index in [1.165, 1.54) is 23.5 Å². The molecule has 1 fully saturated rings. The van der Waals surface area contributed by atoms with Crippen molar-refractivity contribution >= 4 is 17.6 Å². The molecule has 13 heavy (non-hydrogen) atoms. The number of aldehydes is 1. The summed E-state index contributed by atoms with van der Waals surface area (Å²) < 4.78 is 0. The van der Waals surface area contributed by atoms with Crippen LogP contribution in [-0.4, -0.2) is 11.3 Å². The first-order chi connectivity index (χ1) is 6.40. The molecule has 2 nitrogen and oxygen atoms in total. The Kier molecular flexibility index (Phi) is 2.74. The van der Waals surface area contributed by atoms with E-state index in [1.807, 2.05) is 0 Å². The van der Waals surface area contributed by atoms with Crippen molar-refractivity contribution in [1.29, 1.82) is 0 Å². The molecule has 3 heteroatoms. The van der Waals surface area contributed by atoms with Crippen molar-refractivity contribution in [1.82, 2.24) is 4.98 Å². The Hall–Kier alpha value is -0.700. The minimum absolute atomic E-state index is 0.663. The van der Waals surface area contributed by atoms with Crippen LogP contribution in [0.3, 0.4) is 0 Å². The van der Waals surface area contributed by atoms with Crippen LogP contribution in [-0.2, 0) is 11.2 Å². The fraction of sp³-hybridized carbons (Fsp3) is 0.600. The van der Waals surface area contributed by atoms with Gasteiger partial charge in [0.25, 0.3) is 0 Å². The van der Waals surface area contributed by atoms with Gasteiger partial charge >= 0.3 is 0 Å². The average Bonchev–Trinajstić information content (AvgIpc) is 2.88. The van der Waals surface area contributed by atoms with Crippen LogP contribution in [0.5, 0.6) is 0 Å². The molecule has 1 saturated carbocycles. The first kappa shape index (κ1) is 8.88. The molecule has 0 N–H and O–H groups in total. The predicted molar refractivity (Wildman–Crippen MR) is 53.1 cm³/mol. The summed E-state index contributed by atoms with van der Waals surface area (Å²) in [6.07, 6.45) is 6.19. The lowest BCUT2D eigenvalue weighted by Gasteiger charge is -1.91. The van der Waals surface area contributed by atoms with Crippen LogP contribution in [0.2, 0.25) is 0 Å². The molecule has 1 aliphatic rings. The number of rotatable bonds is 5. The molecule has 1 aromatic rings. The summed E-state index contributed by atoms with van der Waals surface area (Å²) >= 11 is 1.78. The summed E-state index contributed by atoms with van der Waals surface area (Å²) in [6, 6.07) is 0. The van der Waals surface area contributed by atoms with Crippen LogP contribution < -0.4 is 0 Å². The molecule has 0 amide bonds. The standard InChI is InChI=1S/C10H13NOS/c12-6-2-1-3-9-7-13-10(11-9)8-4-5-8/h6-8H,1-5H2. The third-order valence-corrected chi connectivity index (χ3v) is 3.31. The van der Waals surface area contributed by atoms with E-state index >= 15 is 0 Å². The van der Waals surface area contributed by atoms with Gasteiger partial charge in [-0.3, -0.25) is 0 Å². The van der Waals surface area contributed by atoms with Crippen molar-refractivity contribution in [2.24, 2.45) is 0 Å². The Morgan fingerprint density at radius 2 is 2.46 bits per heavy atom. The summed E-state index contributed by atoms with van der Waals surface area (Å²) in [4.78, 5) is 14.6. The van der Waals surface area contributed by atoms with Gasteiger partial charge in [0.2, 0.25) is 0 Å². The Balaban J connectivity index is 1.85. The van der Waals surface area contributed by atoms with Gasteiger partial charge < -0.3 is 4.79 Å². The summed E-state index contributed by atoms with van der Waals surface area (Å²) in [5.74, 6) is 0.768. The van der Waals surface area contributed by atoms with Gasteiger partial charge in [-0.25, -0.2) is 4.98 Å². The zero-order valence-electron chi connectivity index (χ0n) is 7.53. The molecule has 1 aromatic heterocycles. The van der Waals surface area contributed by atoms with Crippen molar-refractivity contribution in [2.75, 3.05) is 0 Å². The number of thiazole rings is 1. The lowest BCUT2D eigenvalue weighted by atomic mass is 10.2. The molecule has 0 radical (unpaired) electrons. The highest BCUT2D eigenvalue weighted by molar-refractivity contribution is 7.09. The molecule has 0 unspecified atom stereocenters. The largest absolute Gasteiger partial charge is 0.303 e.